The average Bonchev–Trinajstić information content (AvgIpc) is 2.90. The first kappa shape index (κ1) is 20.5. The lowest BCUT2D eigenvalue weighted by molar-refractivity contribution is 0.126. The minimum Gasteiger partial charge on any atom is -0.365 e. The molecule has 0 radical (unpaired) electrons. The minimum atomic E-state index is -1.55. The van der Waals surface area contributed by atoms with Crippen LogP contribution in [0.1, 0.15) is 11.1 Å². The Morgan fingerprint density at radius 1 is 1.03 bits per heavy atom. The van der Waals surface area contributed by atoms with Gasteiger partial charge in [0.05, 0.1) is 11.4 Å². The van der Waals surface area contributed by atoms with E-state index >= 15 is 0 Å². The van der Waals surface area contributed by atoms with Crippen LogP contribution in [0.4, 0.5) is 20.6 Å². The first-order valence-corrected chi connectivity index (χ1v) is 9.57. The van der Waals surface area contributed by atoms with Gasteiger partial charge in [0, 0.05) is 21.8 Å². The molecule has 0 aromatic heterocycles. The molecule has 0 fully saturated rings. The van der Waals surface area contributed by atoms with Crippen LogP contribution in [-0.2, 0) is 4.84 Å². The van der Waals surface area contributed by atoms with Gasteiger partial charge in [0.25, 0.3) is 0 Å². The second-order valence-corrected chi connectivity index (χ2v) is 6.91. The van der Waals surface area contributed by atoms with Gasteiger partial charge in [-0.25, -0.2) is 19.2 Å². The Labute approximate surface area is 181 Å². The number of hydroxylamine groups is 1. The van der Waals surface area contributed by atoms with Crippen LogP contribution in [0.2, 0.25) is 5.02 Å². The molecule has 1 amide bonds. The van der Waals surface area contributed by atoms with Crippen LogP contribution in [0.25, 0.3) is 0 Å². The second-order valence-electron chi connectivity index (χ2n) is 6.47. The molecule has 1 aliphatic rings. The Kier molecular flexibility index (Phi) is 5.92. The van der Waals surface area contributed by atoms with E-state index in [1.165, 1.54) is 12.1 Å². The average molecular weight is 439 g/mol. The van der Waals surface area contributed by atoms with Gasteiger partial charge in [0.2, 0.25) is 6.23 Å². The number of para-hydroxylation sites is 1. The molecule has 1 heterocycles. The van der Waals surface area contributed by atoms with E-state index in [-0.39, 0.29) is 17.1 Å². The molecule has 3 aromatic rings. The second kappa shape index (κ2) is 8.95. The smallest absolute Gasteiger partial charge is 0.365 e. The molecule has 1 aliphatic heterocycles. The van der Waals surface area contributed by atoms with Gasteiger partial charge < -0.3 is 9.94 Å². The molecular formula is C22H16ClFN4O3. The molecule has 1 unspecified atom stereocenters. The predicted molar refractivity (Wildman–Crippen MR) is 116 cm³/mol. The molecule has 3 aromatic carbocycles. The fourth-order valence-electron chi connectivity index (χ4n) is 2.94. The zero-order valence-corrected chi connectivity index (χ0v) is 16.7. The standard InChI is InChI=1S/C22H16ClFN4O3/c23-13-10-11-18-16(12-13)19(15-8-4-5-9-17(15)24)27-21(29)20(26-18)28-31-22(30)25-14-6-2-1-3-7-14/h1-12,21,29H,(H,25,30)(H,26,28). The van der Waals surface area contributed by atoms with Crippen molar-refractivity contribution in [1.82, 2.24) is 5.48 Å². The van der Waals surface area contributed by atoms with Gasteiger partial charge in [-0.1, -0.05) is 41.9 Å². The Bertz CT molecular complexity index is 1180. The molecule has 0 spiro atoms. The summed E-state index contributed by atoms with van der Waals surface area (Å²) >= 11 is 6.12. The Balaban J connectivity index is 1.62. The van der Waals surface area contributed by atoms with Gasteiger partial charge in [0.15, 0.2) is 5.84 Å². The number of anilines is 1. The first-order chi connectivity index (χ1) is 15.0. The van der Waals surface area contributed by atoms with E-state index in [1.807, 2.05) is 0 Å². The number of halogens is 2. The third-order valence-corrected chi connectivity index (χ3v) is 4.58. The normalized spacial score (nSPS) is 15.1. The quantitative estimate of drug-likeness (QED) is 0.516. The van der Waals surface area contributed by atoms with Gasteiger partial charge >= 0.3 is 6.09 Å². The number of carbonyl (C=O) groups excluding carboxylic acids is 1. The number of aliphatic imine (C=N–C) groups is 2. The molecule has 0 aliphatic carbocycles. The summed E-state index contributed by atoms with van der Waals surface area (Å²) < 4.78 is 14.5. The first-order valence-electron chi connectivity index (χ1n) is 9.19. The molecule has 0 saturated heterocycles. The largest absolute Gasteiger partial charge is 0.435 e. The van der Waals surface area contributed by atoms with Crippen molar-refractivity contribution in [3.05, 3.63) is 94.8 Å². The summed E-state index contributed by atoms with van der Waals surface area (Å²) in [7, 11) is 0. The van der Waals surface area contributed by atoms with E-state index in [4.69, 9.17) is 16.4 Å². The van der Waals surface area contributed by atoms with Crippen molar-refractivity contribution in [2.24, 2.45) is 9.98 Å². The number of fused-ring (bicyclic) bond motifs is 1. The summed E-state index contributed by atoms with van der Waals surface area (Å²) in [6.07, 6.45) is -2.37. The van der Waals surface area contributed by atoms with Gasteiger partial charge in [0.1, 0.15) is 5.82 Å². The van der Waals surface area contributed by atoms with Crippen molar-refractivity contribution in [2.75, 3.05) is 5.32 Å². The van der Waals surface area contributed by atoms with E-state index in [0.29, 0.717) is 22.0 Å². The van der Waals surface area contributed by atoms with Crippen molar-refractivity contribution in [3.8, 4) is 0 Å². The molecule has 1 atom stereocenters. The van der Waals surface area contributed by atoms with Crippen molar-refractivity contribution < 1.29 is 19.1 Å². The highest BCUT2D eigenvalue weighted by molar-refractivity contribution is 6.31. The zero-order valence-electron chi connectivity index (χ0n) is 15.9. The molecule has 7 nitrogen and oxygen atoms in total. The SMILES string of the molecule is O=C(Nc1ccccc1)ONC1=Nc2ccc(Cl)cc2C(c2ccccc2F)=NC1O. The van der Waals surface area contributed by atoms with E-state index in [9.17, 15) is 14.3 Å². The maximum absolute atomic E-state index is 14.5. The van der Waals surface area contributed by atoms with Crippen LogP contribution in [-0.4, -0.2) is 29.0 Å². The number of aliphatic hydroxyl groups is 1. The molecule has 9 heteroatoms. The highest BCUT2D eigenvalue weighted by Crippen LogP contribution is 2.29. The van der Waals surface area contributed by atoms with E-state index in [0.717, 1.165) is 0 Å². The summed E-state index contributed by atoms with van der Waals surface area (Å²) in [5.41, 5.74) is 3.97. The maximum atomic E-state index is 14.5. The lowest BCUT2D eigenvalue weighted by Gasteiger charge is -2.12. The lowest BCUT2D eigenvalue weighted by atomic mass is 10.0. The van der Waals surface area contributed by atoms with E-state index in [2.05, 4.69) is 20.8 Å². The monoisotopic (exact) mass is 438 g/mol. The van der Waals surface area contributed by atoms with Crippen molar-refractivity contribution in [2.45, 2.75) is 6.23 Å². The van der Waals surface area contributed by atoms with Crippen LogP contribution < -0.4 is 10.8 Å². The van der Waals surface area contributed by atoms with Crippen molar-refractivity contribution >= 4 is 40.6 Å². The minimum absolute atomic E-state index is 0.155. The van der Waals surface area contributed by atoms with Gasteiger partial charge in [-0.15, -0.1) is 0 Å². The van der Waals surface area contributed by atoms with Crippen LogP contribution in [0.15, 0.2) is 82.8 Å². The molecule has 0 saturated carbocycles. The number of benzene rings is 3. The molecule has 31 heavy (non-hydrogen) atoms. The number of carbonyl (C=O) groups is 1. The van der Waals surface area contributed by atoms with Gasteiger partial charge in [-0.3, -0.25) is 5.32 Å². The van der Waals surface area contributed by atoms with Crippen molar-refractivity contribution in [3.63, 3.8) is 0 Å². The number of nitrogens with one attached hydrogen (secondary N) is 2. The van der Waals surface area contributed by atoms with Crippen LogP contribution in [0.3, 0.4) is 0 Å². The number of amidine groups is 1. The van der Waals surface area contributed by atoms with Crippen LogP contribution in [0, 0.1) is 5.82 Å². The Morgan fingerprint density at radius 3 is 2.55 bits per heavy atom. The molecular weight excluding hydrogens is 423 g/mol. The van der Waals surface area contributed by atoms with E-state index < -0.39 is 18.1 Å². The summed E-state index contributed by atoms with van der Waals surface area (Å²) in [6.45, 7) is 0. The topological polar surface area (TPSA) is 95.3 Å². The molecule has 0 bridgehead atoms. The third kappa shape index (κ3) is 4.71. The Morgan fingerprint density at radius 2 is 1.77 bits per heavy atom. The summed E-state index contributed by atoms with van der Waals surface area (Å²) in [5.74, 6) is -0.674. The Hall–Kier alpha value is -3.75. The summed E-state index contributed by atoms with van der Waals surface area (Å²) in [5, 5.41) is 13.5. The fourth-order valence-corrected chi connectivity index (χ4v) is 3.11. The van der Waals surface area contributed by atoms with Gasteiger partial charge in [-0.2, -0.15) is 5.48 Å². The highest BCUT2D eigenvalue weighted by Gasteiger charge is 2.24. The summed E-state index contributed by atoms with van der Waals surface area (Å²) in [6, 6.07) is 19.5. The van der Waals surface area contributed by atoms with Crippen molar-refractivity contribution in [1.29, 1.82) is 0 Å². The number of nitrogens with zero attached hydrogens (tertiary/aromatic N) is 2. The van der Waals surface area contributed by atoms with E-state index in [1.54, 1.807) is 60.7 Å². The lowest BCUT2D eigenvalue weighted by Crippen LogP contribution is -2.36. The van der Waals surface area contributed by atoms with Crippen LogP contribution >= 0.6 is 11.6 Å². The van der Waals surface area contributed by atoms with Crippen LogP contribution in [0.5, 0.6) is 0 Å². The molecule has 4 rings (SSSR count). The molecule has 3 N–H and O–H groups in total. The number of rotatable bonds is 2. The maximum Gasteiger partial charge on any atom is 0.435 e. The number of amides is 1. The zero-order chi connectivity index (χ0) is 21.8. The number of hydrogen-bond donors (Lipinski definition) is 3. The fraction of sp³-hybridized carbons (Fsp3) is 0.0455. The predicted octanol–water partition coefficient (Wildman–Crippen LogP) is 4.43. The highest BCUT2D eigenvalue weighted by atomic mass is 35.5. The number of aliphatic hydroxyl groups excluding tert-OH is 1. The number of hydrogen-bond acceptors (Lipinski definition) is 6. The van der Waals surface area contributed by atoms with Gasteiger partial charge in [-0.05, 0) is 42.5 Å². The molecule has 156 valence electrons. The third-order valence-electron chi connectivity index (χ3n) is 4.35. The summed E-state index contributed by atoms with van der Waals surface area (Å²) in [4.78, 5) is 25.5.